The summed E-state index contributed by atoms with van der Waals surface area (Å²) in [5, 5.41) is 11.8. The molecular weight excluding hydrogens is 300 g/mol. The minimum atomic E-state index is -0.580. The monoisotopic (exact) mass is 312 g/mol. The Kier molecular flexibility index (Phi) is 3.02. The molecule has 116 valence electrons. The van der Waals surface area contributed by atoms with Crippen LogP contribution in [0.5, 0.6) is 11.5 Å². The molecule has 1 aromatic heterocycles. The first-order valence-corrected chi connectivity index (χ1v) is 6.84. The normalized spacial score (nSPS) is 12.4. The van der Waals surface area contributed by atoms with Gasteiger partial charge in [-0.25, -0.2) is 10.5 Å². The zero-order valence-corrected chi connectivity index (χ0v) is 11.8. The van der Waals surface area contributed by atoms with E-state index in [2.05, 4.69) is 15.3 Å². The SMILES string of the molecule is O=C(NO)c1cccc(Nc2nc3cc4c(cc3[nH]2)OCO4)c1. The molecule has 23 heavy (non-hydrogen) atoms. The average molecular weight is 312 g/mol. The summed E-state index contributed by atoms with van der Waals surface area (Å²) >= 11 is 0. The maximum atomic E-state index is 11.4. The molecule has 0 fully saturated rings. The smallest absolute Gasteiger partial charge is 0.274 e. The Morgan fingerprint density at radius 3 is 2.87 bits per heavy atom. The molecule has 3 aromatic rings. The number of carbonyl (C=O) groups excluding carboxylic acids is 1. The molecule has 1 aliphatic rings. The second-order valence-corrected chi connectivity index (χ2v) is 4.95. The third-order valence-electron chi connectivity index (χ3n) is 3.47. The highest BCUT2D eigenvalue weighted by atomic mass is 16.7. The third kappa shape index (κ3) is 2.40. The van der Waals surface area contributed by atoms with E-state index in [9.17, 15) is 4.79 Å². The van der Waals surface area contributed by atoms with Gasteiger partial charge in [-0.05, 0) is 18.2 Å². The molecule has 0 spiro atoms. The molecule has 0 bridgehead atoms. The van der Waals surface area contributed by atoms with Crippen LogP contribution in [0.3, 0.4) is 0 Å². The van der Waals surface area contributed by atoms with Crippen molar-refractivity contribution in [1.82, 2.24) is 15.4 Å². The van der Waals surface area contributed by atoms with Crippen molar-refractivity contribution in [3.8, 4) is 11.5 Å². The van der Waals surface area contributed by atoms with Crippen molar-refractivity contribution in [2.24, 2.45) is 0 Å². The van der Waals surface area contributed by atoms with Gasteiger partial charge in [0.15, 0.2) is 11.5 Å². The number of hydrogen-bond donors (Lipinski definition) is 4. The number of anilines is 2. The Morgan fingerprint density at radius 2 is 2.04 bits per heavy atom. The number of hydrogen-bond acceptors (Lipinski definition) is 6. The number of aromatic nitrogens is 2. The van der Waals surface area contributed by atoms with Gasteiger partial charge in [0, 0.05) is 23.4 Å². The topological polar surface area (TPSA) is 108 Å². The predicted octanol–water partition coefficient (Wildman–Crippen LogP) is 2.15. The average Bonchev–Trinajstić information content (AvgIpc) is 3.17. The number of carbonyl (C=O) groups is 1. The number of amides is 1. The largest absolute Gasteiger partial charge is 0.454 e. The van der Waals surface area contributed by atoms with Gasteiger partial charge >= 0.3 is 0 Å². The highest BCUT2D eigenvalue weighted by molar-refractivity contribution is 5.94. The van der Waals surface area contributed by atoms with Crippen LogP contribution >= 0.6 is 0 Å². The molecule has 4 N–H and O–H groups in total. The Balaban J connectivity index is 1.64. The van der Waals surface area contributed by atoms with Gasteiger partial charge in [-0.2, -0.15) is 0 Å². The van der Waals surface area contributed by atoms with Crippen LogP contribution in [0.25, 0.3) is 11.0 Å². The minimum Gasteiger partial charge on any atom is -0.454 e. The van der Waals surface area contributed by atoms with Gasteiger partial charge in [0.1, 0.15) is 0 Å². The first kappa shape index (κ1) is 13.4. The standard InChI is InChI=1S/C15H12N4O4/c20-14(19-21)8-2-1-3-9(4-8)16-15-17-10-5-12-13(23-7-22-12)6-11(10)18-15/h1-6,21H,7H2,(H,19,20)(H2,16,17,18). The van der Waals surface area contributed by atoms with Crippen molar-refractivity contribution in [2.45, 2.75) is 0 Å². The van der Waals surface area contributed by atoms with Gasteiger partial charge in [-0.3, -0.25) is 10.0 Å². The number of imidazole rings is 1. The maximum absolute atomic E-state index is 11.4. The lowest BCUT2D eigenvalue weighted by atomic mass is 10.2. The number of ether oxygens (including phenoxy) is 2. The number of H-pyrrole nitrogens is 1. The van der Waals surface area contributed by atoms with Gasteiger partial charge in [-0.15, -0.1) is 0 Å². The Morgan fingerprint density at radius 1 is 1.22 bits per heavy atom. The van der Waals surface area contributed by atoms with Crippen LogP contribution in [0.2, 0.25) is 0 Å². The summed E-state index contributed by atoms with van der Waals surface area (Å²) in [4.78, 5) is 19.0. The predicted molar refractivity (Wildman–Crippen MR) is 81.2 cm³/mol. The Bertz CT molecular complexity index is 865. The second-order valence-electron chi connectivity index (χ2n) is 4.95. The molecule has 2 aromatic carbocycles. The Labute approximate surface area is 130 Å². The van der Waals surface area contributed by atoms with E-state index in [4.69, 9.17) is 14.7 Å². The molecule has 0 atom stereocenters. The zero-order valence-electron chi connectivity index (χ0n) is 11.8. The molecule has 0 radical (unpaired) electrons. The van der Waals surface area contributed by atoms with Crippen molar-refractivity contribution >= 4 is 28.6 Å². The molecule has 8 nitrogen and oxygen atoms in total. The number of hydroxylamine groups is 1. The second kappa shape index (κ2) is 5.18. The molecule has 2 heterocycles. The van der Waals surface area contributed by atoms with E-state index in [0.717, 1.165) is 11.0 Å². The van der Waals surface area contributed by atoms with E-state index < -0.39 is 5.91 Å². The van der Waals surface area contributed by atoms with Crippen LogP contribution in [-0.2, 0) is 0 Å². The van der Waals surface area contributed by atoms with Crippen LogP contribution < -0.4 is 20.3 Å². The number of aromatic amines is 1. The molecule has 0 saturated heterocycles. The lowest BCUT2D eigenvalue weighted by Crippen LogP contribution is -2.18. The molecule has 4 rings (SSSR count). The maximum Gasteiger partial charge on any atom is 0.274 e. The van der Waals surface area contributed by atoms with Crippen molar-refractivity contribution in [3.63, 3.8) is 0 Å². The number of benzene rings is 2. The number of rotatable bonds is 3. The van der Waals surface area contributed by atoms with Gasteiger partial charge in [0.05, 0.1) is 11.0 Å². The summed E-state index contributed by atoms with van der Waals surface area (Å²) in [7, 11) is 0. The van der Waals surface area contributed by atoms with Crippen LogP contribution in [0.1, 0.15) is 10.4 Å². The summed E-state index contributed by atoms with van der Waals surface area (Å²) in [5.41, 5.74) is 4.13. The first-order chi connectivity index (χ1) is 11.2. The molecule has 0 unspecified atom stereocenters. The quantitative estimate of drug-likeness (QED) is 0.436. The molecule has 0 saturated carbocycles. The molecular formula is C15H12N4O4. The lowest BCUT2D eigenvalue weighted by Gasteiger charge is -2.04. The van der Waals surface area contributed by atoms with E-state index in [-0.39, 0.29) is 6.79 Å². The zero-order chi connectivity index (χ0) is 15.8. The Hall–Kier alpha value is -3.26. The van der Waals surface area contributed by atoms with Crippen LogP contribution in [0, 0.1) is 0 Å². The number of fused-ring (bicyclic) bond motifs is 2. The highest BCUT2D eigenvalue weighted by Gasteiger charge is 2.16. The van der Waals surface area contributed by atoms with Gasteiger partial charge in [-0.1, -0.05) is 6.07 Å². The third-order valence-corrected chi connectivity index (χ3v) is 3.47. The van der Waals surface area contributed by atoms with Crippen molar-refractivity contribution < 1.29 is 19.5 Å². The first-order valence-electron chi connectivity index (χ1n) is 6.84. The number of nitrogens with zero attached hydrogens (tertiary/aromatic N) is 1. The van der Waals surface area contributed by atoms with Crippen LogP contribution in [-0.4, -0.2) is 27.9 Å². The minimum absolute atomic E-state index is 0.215. The van der Waals surface area contributed by atoms with Gasteiger partial charge in [0.2, 0.25) is 12.7 Å². The number of nitrogens with one attached hydrogen (secondary N) is 3. The van der Waals surface area contributed by atoms with Crippen LogP contribution in [0.15, 0.2) is 36.4 Å². The molecule has 0 aliphatic carbocycles. The van der Waals surface area contributed by atoms with E-state index in [0.29, 0.717) is 28.7 Å². The van der Waals surface area contributed by atoms with Gasteiger partial charge < -0.3 is 19.8 Å². The molecule has 1 amide bonds. The fraction of sp³-hybridized carbons (Fsp3) is 0.0667. The lowest BCUT2D eigenvalue weighted by molar-refractivity contribution is 0.0706. The van der Waals surface area contributed by atoms with Crippen LogP contribution in [0.4, 0.5) is 11.6 Å². The van der Waals surface area contributed by atoms with Crippen molar-refractivity contribution in [2.75, 3.05) is 12.1 Å². The summed E-state index contributed by atoms with van der Waals surface area (Å²) in [6.45, 7) is 0.215. The highest BCUT2D eigenvalue weighted by Crippen LogP contribution is 2.35. The fourth-order valence-corrected chi connectivity index (χ4v) is 2.40. The van der Waals surface area contributed by atoms with E-state index in [1.165, 1.54) is 0 Å². The molecule has 1 aliphatic heterocycles. The van der Waals surface area contributed by atoms with Crippen molar-refractivity contribution in [3.05, 3.63) is 42.0 Å². The summed E-state index contributed by atoms with van der Waals surface area (Å²) < 4.78 is 10.7. The summed E-state index contributed by atoms with van der Waals surface area (Å²) in [6.07, 6.45) is 0. The molecule has 8 heteroatoms. The van der Waals surface area contributed by atoms with Crippen molar-refractivity contribution in [1.29, 1.82) is 0 Å². The van der Waals surface area contributed by atoms with Gasteiger partial charge in [0.25, 0.3) is 5.91 Å². The van der Waals surface area contributed by atoms with E-state index >= 15 is 0 Å². The van der Waals surface area contributed by atoms with E-state index in [1.807, 2.05) is 6.07 Å². The summed E-state index contributed by atoms with van der Waals surface area (Å²) in [6, 6.07) is 10.3. The fourth-order valence-electron chi connectivity index (χ4n) is 2.40. The summed E-state index contributed by atoms with van der Waals surface area (Å²) in [5.74, 6) is 1.28. The van der Waals surface area contributed by atoms with E-state index in [1.54, 1.807) is 35.8 Å².